The smallest absolute Gasteiger partial charge is 0.339 e. The highest BCUT2D eigenvalue weighted by Gasteiger charge is 2.16. The molecule has 0 radical (unpaired) electrons. The van der Waals surface area contributed by atoms with Gasteiger partial charge in [-0.25, -0.2) is 4.79 Å². The Balaban J connectivity index is 2.75. The molecule has 8 heteroatoms. The number of aromatic carboxylic acids is 1. The molecule has 0 aliphatic carbocycles. The molecule has 0 aliphatic rings. The van der Waals surface area contributed by atoms with Gasteiger partial charge in [0, 0.05) is 19.7 Å². The fraction of sp³-hybridized carbons (Fsp3) is 0.385. The first kappa shape index (κ1) is 17.2. The van der Waals surface area contributed by atoms with E-state index in [9.17, 15) is 9.59 Å². The topological polar surface area (TPSA) is 96.9 Å². The maximum absolute atomic E-state index is 11.7. The average Bonchev–Trinajstić information content (AvgIpc) is 2.45. The van der Waals surface area contributed by atoms with Gasteiger partial charge in [0.2, 0.25) is 5.91 Å². The fourth-order valence-electron chi connectivity index (χ4n) is 1.56. The van der Waals surface area contributed by atoms with Crippen LogP contribution in [0.2, 0.25) is 5.02 Å². The second-order valence-electron chi connectivity index (χ2n) is 4.06. The zero-order chi connectivity index (χ0) is 15.8. The summed E-state index contributed by atoms with van der Waals surface area (Å²) >= 11 is 5.96. The highest BCUT2D eigenvalue weighted by Crippen LogP contribution is 2.30. The number of carboxylic acid groups (broad SMARTS) is 1. The van der Waals surface area contributed by atoms with Gasteiger partial charge in [-0.1, -0.05) is 11.6 Å². The van der Waals surface area contributed by atoms with Crippen LogP contribution >= 0.6 is 11.6 Å². The number of carboxylic acids is 1. The standard InChI is InChI=1S/C13H17ClN2O5/c1-20-4-3-15-7-12(17)16-10-6-11(21-2)8(13(18)19)5-9(10)14/h5-6,15H,3-4,7H2,1-2H3,(H,16,17)(H,18,19). The third kappa shape index (κ3) is 5.22. The van der Waals surface area contributed by atoms with Crippen molar-refractivity contribution in [2.75, 3.05) is 39.2 Å². The molecule has 0 atom stereocenters. The Hall–Kier alpha value is -1.83. The summed E-state index contributed by atoms with van der Waals surface area (Å²) in [5.74, 6) is -1.35. The Bertz CT molecular complexity index is 522. The van der Waals surface area contributed by atoms with E-state index in [4.69, 9.17) is 26.2 Å². The molecule has 1 aromatic carbocycles. The van der Waals surface area contributed by atoms with E-state index >= 15 is 0 Å². The maximum atomic E-state index is 11.7. The van der Waals surface area contributed by atoms with E-state index in [0.29, 0.717) is 13.2 Å². The maximum Gasteiger partial charge on any atom is 0.339 e. The second kappa shape index (κ2) is 8.46. The predicted molar refractivity (Wildman–Crippen MR) is 78.3 cm³/mol. The Morgan fingerprint density at radius 2 is 2.05 bits per heavy atom. The molecule has 0 spiro atoms. The van der Waals surface area contributed by atoms with Gasteiger partial charge < -0.3 is 25.2 Å². The van der Waals surface area contributed by atoms with Crippen LogP contribution in [-0.2, 0) is 9.53 Å². The highest BCUT2D eigenvalue weighted by molar-refractivity contribution is 6.34. The molecule has 116 valence electrons. The Kier molecular flexibility index (Phi) is 6.93. The molecule has 0 heterocycles. The second-order valence-corrected chi connectivity index (χ2v) is 4.46. The van der Waals surface area contributed by atoms with Crippen LogP contribution in [0.3, 0.4) is 0 Å². The van der Waals surface area contributed by atoms with Gasteiger partial charge >= 0.3 is 5.97 Å². The lowest BCUT2D eigenvalue weighted by atomic mass is 10.1. The molecule has 0 fully saturated rings. The number of nitrogens with one attached hydrogen (secondary N) is 2. The van der Waals surface area contributed by atoms with Gasteiger partial charge in [0.1, 0.15) is 11.3 Å². The number of anilines is 1. The van der Waals surface area contributed by atoms with Crippen molar-refractivity contribution in [1.82, 2.24) is 5.32 Å². The molecule has 1 amide bonds. The summed E-state index contributed by atoms with van der Waals surface area (Å²) < 4.78 is 9.81. The minimum atomic E-state index is -1.16. The molecule has 7 nitrogen and oxygen atoms in total. The Labute approximate surface area is 127 Å². The SMILES string of the molecule is COCCNCC(=O)Nc1cc(OC)c(C(=O)O)cc1Cl. The summed E-state index contributed by atoms with van der Waals surface area (Å²) in [6.45, 7) is 1.12. The monoisotopic (exact) mass is 316 g/mol. The van der Waals surface area contributed by atoms with E-state index in [2.05, 4.69) is 10.6 Å². The van der Waals surface area contributed by atoms with Crippen molar-refractivity contribution in [2.24, 2.45) is 0 Å². The molecular formula is C13H17ClN2O5. The minimum Gasteiger partial charge on any atom is -0.496 e. The lowest BCUT2D eigenvalue weighted by Gasteiger charge is -2.12. The van der Waals surface area contributed by atoms with Crippen molar-refractivity contribution < 1.29 is 24.2 Å². The van der Waals surface area contributed by atoms with Crippen LogP contribution in [0.1, 0.15) is 10.4 Å². The number of carbonyl (C=O) groups excluding carboxylic acids is 1. The number of amides is 1. The molecule has 1 aromatic rings. The summed E-state index contributed by atoms with van der Waals surface area (Å²) in [6, 6.07) is 2.61. The summed E-state index contributed by atoms with van der Waals surface area (Å²) in [5.41, 5.74) is 0.218. The van der Waals surface area contributed by atoms with Crippen LogP contribution in [0, 0.1) is 0 Å². The molecule has 0 unspecified atom stereocenters. The molecule has 0 aliphatic heterocycles. The van der Waals surface area contributed by atoms with Crippen molar-refractivity contribution in [1.29, 1.82) is 0 Å². The zero-order valence-electron chi connectivity index (χ0n) is 11.7. The molecule has 0 bridgehead atoms. The first-order chi connectivity index (χ1) is 9.99. The van der Waals surface area contributed by atoms with Gasteiger partial charge in [-0.2, -0.15) is 0 Å². The van der Waals surface area contributed by atoms with Crippen molar-refractivity contribution in [3.63, 3.8) is 0 Å². The third-order valence-electron chi connectivity index (χ3n) is 2.56. The van der Waals surface area contributed by atoms with Crippen LogP contribution in [0.4, 0.5) is 5.69 Å². The van der Waals surface area contributed by atoms with Gasteiger partial charge in [-0.3, -0.25) is 4.79 Å². The lowest BCUT2D eigenvalue weighted by molar-refractivity contribution is -0.115. The quantitative estimate of drug-likeness (QED) is 0.624. The summed E-state index contributed by atoms with van der Waals surface area (Å²) in [6.07, 6.45) is 0. The molecular weight excluding hydrogens is 300 g/mol. The number of ether oxygens (including phenoxy) is 2. The van der Waals surface area contributed by atoms with Crippen molar-refractivity contribution >= 4 is 29.2 Å². The fourth-order valence-corrected chi connectivity index (χ4v) is 1.77. The van der Waals surface area contributed by atoms with Gasteiger partial charge in [-0.05, 0) is 6.07 Å². The summed E-state index contributed by atoms with van der Waals surface area (Å²) in [4.78, 5) is 22.7. The van der Waals surface area contributed by atoms with Crippen molar-refractivity contribution in [3.05, 3.63) is 22.7 Å². The Morgan fingerprint density at radius 3 is 2.62 bits per heavy atom. The number of rotatable bonds is 8. The third-order valence-corrected chi connectivity index (χ3v) is 2.87. The van der Waals surface area contributed by atoms with Crippen LogP contribution in [-0.4, -0.2) is 50.9 Å². The minimum absolute atomic E-state index is 0.0706. The van der Waals surface area contributed by atoms with Gasteiger partial charge in [0.25, 0.3) is 0 Å². The van der Waals surface area contributed by atoms with Crippen LogP contribution < -0.4 is 15.4 Å². The molecule has 0 saturated heterocycles. The van der Waals surface area contributed by atoms with E-state index in [-0.39, 0.29) is 34.5 Å². The van der Waals surface area contributed by atoms with E-state index in [1.165, 1.54) is 19.2 Å². The number of carbonyl (C=O) groups is 2. The van der Waals surface area contributed by atoms with E-state index < -0.39 is 5.97 Å². The number of benzene rings is 1. The van der Waals surface area contributed by atoms with Gasteiger partial charge in [0.15, 0.2) is 0 Å². The number of hydrogen-bond donors (Lipinski definition) is 3. The molecule has 3 N–H and O–H groups in total. The normalized spacial score (nSPS) is 10.2. The first-order valence-electron chi connectivity index (χ1n) is 6.10. The van der Waals surface area contributed by atoms with Gasteiger partial charge in [0.05, 0.1) is 31.0 Å². The first-order valence-corrected chi connectivity index (χ1v) is 6.47. The van der Waals surface area contributed by atoms with E-state index in [1.54, 1.807) is 7.11 Å². The number of halogens is 1. The molecule has 21 heavy (non-hydrogen) atoms. The number of methoxy groups -OCH3 is 2. The van der Waals surface area contributed by atoms with Crippen LogP contribution in [0.5, 0.6) is 5.75 Å². The zero-order valence-corrected chi connectivity index (χ0v) is 12.5. The average molecular weight is 317 g/mol. The Morgan fingerprint density at radius 1 is 1.33 bits per heavy atom. The molecule has 1 rings (SSSR count). The van der Waals surface area contributed by atoms with Crippen molar-refractivity contribution in [3.8, 4) is 5.75 Å². The largest absolute Gasteiger partial charge is 0.496 e. The number of hydrogen-bond acceptors (Lipinski definition) is 5. The van der Waals surface area contributed by atoms with E-state index in [1.807, 2.05) is 0 Å². The summed E-state index contributed by atoms with van der Waals surface area (Å²) in [7, 11) is 2.91. The van der Waals surface area contributed by atoms with Gasteiger partial charge in [-0.15, -0.1) is 0 Å². The lowest BCUT2D eigenvalue weighted by Crippen LogP contribution is -2.30. The molecule has 0 aromatic heterocycles. The van der Waals surface area contributed by atoms with E-state index in [0.717, 1.165) is 0 Å². The van der Waals surface area contributed by atoms with Crippen LogP contribution in [0.15, 0.2) is 12.1 Å². The molecule has 0 saturated carbocycles. The van der Waals surface area contributed by atoms with Crippen molar-refractivity contribution in [2.45, 2.75) is 0 Å². The summed E-state index contributed by atoms with van der Waals surface area (Å²) in [5, 5.41) is 14.6. The van der Waals surface area contributed by atoms with Crippen LogP contribution in [0.25, 0.3) is 0 Å². The highest BCUT2D eigenvalue weighted by atomic mass is 35.5. The predicted octanol–water partition coefficient (Wildman–Crippen LogP) is 1.22.